The highest BCUT2D eigenvalue weighted by atomic mass is 16.5. The van der Waals surface area contributed by atoms with Crippen LogP contribution in [0.5, 0.6) is 6.01 Å². The second kappa shape index (κ2) is 10.8. The van der Waals surface area contributed by atoms with Crippen molar-refractivity contribution in [1.82, 2.24) is 15.0 Å². The number of ether oxygens (including phenoxy) is 2. The van der Waals surface area contributed by atoms with Crippen molar-refractivity contribution in [1.29, 1.82) is 5.26 Å². The zero-order chi connectivity index (χ0) is 22.0. The summed E-state index contributed by atoms with van der Waals surface area (Å²) in [5, 5.41) is 13.3. The topological polar surface area (TPSA) is 109 Å². The molecule has 32 heavy (non-hydrogen) atoms. The van der Waals surface area contributed by atoms with Gasteiger partial charge in [-0.25, -0.2) is 0 Å². The maximum atomic E-state index is 9.04. The van der Waals surface area contributed by atoms with E-state index in [0.29, 0.717) is 37.6 Å². The van der Waals surface area contributed by atoms with Gasteiger partial charge < -0.3 is 14.4 Å². The molecule has 4 rings (SSSR count). The maximum Gasteiger partial charge on any atom is 0.320 e. The van der Waals surface area contributed by atoms with Gasteiger partial charge in [0.15, 0.2) is 5.82 Å². The van der Waals surface area contributed by atoms with E-state index < -0.39 is 0 Å². The van der Waals surface area contributed by atoms with Crippen molar-refractivity contribution in [3.8, 4) is 12.1 Å². The molecule has 1 aliphatic rings. The van der Waals surface area contributed by atoms with E-state index in [4.69, 9.17) is 14.7 Å². The molecule has 1 fully saturated rings. The van der Waals surface area contributed by atoms with Crippen molar-refractivity contribution in [3.63, 3.8) is 0 Å². The molecule has 162 valence electrons. The van der Waals surface area contributed by atoms with Gasteiger partial charge in [0, 0.05) is 37.5 Å². The van der Waals surface area contributed by atoms with Gasteiger partial charge in [-0.3, -0.25) is 10.4 Å². The number of anilines is 2. The number of hydrazone groups is 1. The Morgan fingerprint density at radius 1 is 1.16 bits per heavy atom. The van der Waals surface area contributed by atoms with Crippen molar-refractivity contribution in [2.75, 3.05) is 43.2 Å². The van der Waals surface area contributed by atoms with Gasteiger partial charge in [0.1, 0.15) is 5.82 Å². The highest BCUT2D eigenvalue weighted by Crippen LogP contribution is 2.21. The van der Waals surface area contributed by atoms with Gasteiger partial charge in [0.05, 0.1) is 37.7 Å². The Morgan fingerprint density at radius 2 is 2.06 bits per heavy atom. The van der Waals surface area contributed by atoms with Crippen LogP contribution in [-0.2, 0) is 11.2 Å². The number of hydrogen-bond acceptors (Lipinski definition) is 9. The Kier molecular flexibility index (Phi) is 7.18. The van der Waals surface area contributed by atoms with Crippen LogP contribution in [0.4, 0.5) is 11.6 Å². The molecule has 1 aliphatic heterocycles. The lowest BCUT2D eigenvalue weighted by atomic mass is 10.1. The van der Waals surface area contributed by atoms with Gasteiger partial charge in [0.25, 0.3) is 0 Å². The van der Waals surface area contributed by atoms with Crippen molar-refractivity contribution >= 4 is 17.9 Å². The second-order valence-corrected chi connectivity index (χ2v) is 7.02. The van der Waals surface area contributed by atoms with E-state index in [9.17, 15) is 0 Å². The van der Waals surface area contributed by atoms with Gasteiger partial charge >= 0.3 is 6.01 Å². The van der Waals surface area contributed by atoms with Crippen LogP contribution in [0.1, 0.15) is 16.8 Å². The van der Waals surface area contributed by atoms with Crippen molar-refractivity contribution in [2.24, 2.45) is 5.10 Å². The van der Waals surface area contributed by atoms with Crippen LogP contribution in [0.25, 0.3) is 0 Å². The number of aromatic nitrogens is 3. The fourth-order valence-corrected chi connectivity index (χ4v) is 3.14. The smallest absolute Gasteiger partial charge is 0.320 e. The van der Waals surface area contributed by atoms with Crippen LogP contribution in [0, 0.1) is 11.3 Å². The normalized spacial score (nSPS) is 13.7. The molecule has 0 radical (unpaired) electrons. The average Bonchev–Trinajstić information content (AvgIpc) is 2.85. The summed E-state index contributed by atoms with van der Waals surface area (Å²) in [5.41, 5.74) is 5.28. The molecular weight excluding hydrogens is 406 g/mol. The van der Waals surface area contributed by atoms with E-state index in [1.165, 1.54) is 0 Å². The van der Waals surface area contributed by atoms with Crippen molar-refractivity contribution < 1.29 is 9.47 Å². The van der Waals surface area contributed by atoms with Crippen LogP contribution in [0.15, 0.2) is 59.8 Å². The molecule has 0 spiro atoms. The molecule has 0 bridgehead atoms. The predicted molar refractivity (Wildman–Crippen MR) is 121 cm³/mol. The number of morpholine rings is 1. The predicted octanol–water partition coefficient (Wildman–Crippen LogP) is 2.65. The third-order valence-electron chi connectivity index (χ3n) is 4.75. The fourth-order valence-electron chi connectivity index (χ4n) is 3.14. The molecule has 9 heteroatoms. The van der Waals surface area contributed by atoms with E-state index in [0.717, 1.165) is 30.2 Å². The lowest BCUT2D eigenvalue weighted by Crippen LogP contribution is -2.36. The first-order valence-corrected chi connectivity index (χ1v) is 10.3. The first-order chi connectivity index (χ1) is 15.8. The molecule has 1 aromatic carbocycles. The molecular formula is C23H23N7O2. The summed E-state index contributed by atoms with van der Waals surface area (Å²) in [6, 6.07) is 17.2. The maximum absolute atomic E-state index is 9.04. The zero-order valence-electron chi connectivity index (χ0n) is 17.5. The van der Waals surface area contributed by atoms with E-state index in [-0.39, 0.29) is 6.01 Å². The minimum Gasteiger partial charge on any atom is -0.463 e. The summed E-state index contributed by atoms with van der Waals surface area (Å²) < 4.78 is 11.3. The lowest BCUT2D eigenvalue weighted by Gasteiger charge is -2.28. The third-order valence-corrected chi connectivity index (χ3v) is 4.75. The molecule has 0 atom stereocenters. The summed E-state index contributed by atoms with van der Waals surface area (Å²) in [5.74, 6) is 1.27. The Morgan fingerprint density at radius 3 is 2.88 bits per heavy atom. The lowest BCUT2D eigenvalue weighted by molar-refractivity contribution is 0.122. The Labute approximate surface area is 186 Å². The minimum atomic E-state index is 0.272. The Hall–Kier alpha value is -4.03. The van der Waals surface area contributed by atoms with Crippen LogP contribution in [0.3, 0.4) is 0 Å². The molecule has 1 saturated heterocycles. The Bertz CT molecular complexity index is 1090. The van der Waals surface area contributed by atoms with E-state index in [1.807, 2.05) is 36.4 Å². The quantitative estimate of drug-likeness (QED) is 0.430. The van der Waals surface area contributed by atoms with E-state index >= 15 is 0 Å². The van der Waals surface area contributed by atoms with E-state index in [2.05, 4.69) is 36.4 Å². The van der Waals surface area contributed by atoms with Gasteiger partial charge in [-0.15, -0.1) is 0 Å². The number of rotatable bonds is 8. The Balaban J connectivity index is 1.47. The molecule has 0 amide bonds. The molecule has 0 aliphatic carbocycles. The fraction of sp³-hybridized carbons (Fsp3) is 0.261. The van der Waals surface area contributed by atoms with Crippen LogP contribution >= 0.6 is 0 Å². The summed E-state index contributed by atoms with van der Waals surface area (Å²) in [4.78, 5) is 15.4. The summed E-state index contributed by atoms with van der Waals surface area (Å²) in [7, 11) is 0. The van der Waals surface area contributed by atoms with E-state index in [1.54, 1.807) is 24.5 Å². The number of benzene rings is 1. The number of nitrogens with zero attached hydrogens (tertiary/aromatic N) is 6. The van der Waals surface area contributed by atoms with Crippen molar-refractivity contribution in [3.05, 3.63) is 71.5 Å². The number of hydrogen-bond donors (Lipinski definition) is 1. The second-order valence-electron chi connectivity index (χ2n) is 7.02. The highest BCUT2D eigenvalue weighted by molar-refractivity contribution is 5.80. The zero-order valence-corrected chi connectivity index (χ0v) is 17.5. The number of pyridine rings is 1. The number of nitrogens with one attached hydrogen (secondary N) is 1. The van der Waals surface area contributed by atoms with Gasteiger partial charge in [-0.2, -0.15) is 20.3 Å². The summed E-state index contributed by atoms with van der Waals surface area (Å²) in [6.07, 6.45) is 4.05. The highest BCUT2D eigenvalue weighted by Gasteiger charge is 2.15. The third kappa shape index (κ3) is 6.00. The molecule has 3 heterocycles. The molecule has 0 saturated carbocycles. The van der Waals surface area contributed by atoms with Crippen LogP contribution in [-0.4, -0.2) is 54.1 Å². The molecule has 0 unspecified atom stereocenters. The van der Waals surface area contributed by atoms with Crippen molar-refractivity contribution in [2.45, 2.75) is 6.42 Å². The monoisotopic (exact) mass is 429 g/mol. The molecule has 1 N–H and O–H groups in total. The van der Waals surface area contributed by atoms with Crippen LogP contribution < -0.4 is 15.1 Å². The number of nitriles is 1. The van der Waals surface area contributed by atoms with Gasteiger partial charge in [-0.05, 0) is 29.8 Å². The first-order valence-electron chi connectivity index (χ1n) is 10.3. The SMILES string of the molecule is N#Cc1cccc(C=NNc2cc(N3CCOCC3)nc(OCCc3ccccn3)n2)c1. The molecule has 2 aromatic heterocycles. The van der Waals surface area contributed by atoms with Crippen LogP contribution in [0.2, 0.25) is 0 Å². The summed E-state index contributed by atoms with van der Waals surface area (Å²) >= 11 is 0. The van der Waals surface area contributed by atoms with Gasteiger partial charge in [0.2, 0.25) is 0 Å². The first kappa shape index (κ1) is 21.2. The molecule has 9 nitrogen and oxygen atoms in total. The standard InChI is InChI=1S/C23H23N7O2/c24-16-18-4-3-5-19(14-18)17-26-29-21-15-22(30-9-12-31-13-10-30)28-23(27-21)32-11-7-20-6-1-2-8-25-20/h1-6,8,14-15,17H,7,9-13H2,(H,27,28,29). The minimum absolute atomic E-state index is 0.272. The average molecular weight is 429 g/mol. The largest absolute Gasteiger partial charge is 0.463 e. The molecule has 3 aromatic rings. The summed E-state index contributed by atoms with van der Waals surface area (Å²) in [6.45, 7) is 3.20. The van der Waals surface area contributed by atoms with Gasteiger partial charge in [-0.1, -0.05) is 18.2 Å².